The van der Waals surface area contributed by atoms with Gasteiger partial charge in [0.15, 0.2) is 0 Å². The Kier molecular flexibility index (Phi) is 8.31. The predicted octanol–water partition coefficient (Wildman–Crippen LogP) is 4.19. The first-order valence-corrected chi connectivity index (χ1v) is 10.8. The lowest BCUT2D eigenvalue weighted by Gasteiger charge is -2.11. The van der Waals surface area contributed by atoms with Crippen LogP contribution in [-0.4, -0.2) is 30.5 Å². The summed E-state index contributed by atoms with van der Waals surface area (Å²) in [4.78, 5) is 37.1. The summed E-state index contributed by atoms with van der Waals surface area (Å²) in [6.07, 6.45) is 1.41. The van der Waals surface area contributed by atoms with Crippen molar-refractivity contribution in [2.45, 2.75) is 6.92 Å². The summed E-state index contributed by atoms with van der Waals surface area (Å²) < 4.78 is 6.24. The fourth-order valence-corrected chi connectivity index (χ4v) is 3.19. The molecular weight excluding hydrogens is 488 g/mol. The van der Waals surface area contributed by atoms with Gasteiger partial charge in [-0.1, -0.05) is 40.2 Å². The lowest BCUT2D eigenvalue weighted by atomic mass is 10.1. The van der Waals surface area contributed by atoms with Gasteiger partial charge in [-0.15, -0.1) is 0 Å². The maximum absolute atomic E-state index is 12.7. The highest BCUT2D eigenvalue weighted by atomic mass is 79.9. The van der Waals surface area contributed by atoms with E-state index in [1.165, 1.54) is 12.3 Å². The Hall–Kier alpha value is -3.98. The van der Waals surface area contributed by atoms with Crippen LogP contribution in [0.15, 0.2) is 82.4 Å². The number of nitrogens with zero attached hydrogens (tertiary/aromatic N) is 1. The molecule has 33 heavy (non-hydrogen) atoms. The molecule has 0 fully saturated rings. The van der Waals surface area contributed by atoms with Crippen LogP contribution >= 0.6 is 15.9 Å². The number of para-hydroxylation sites is 1. The predicted molar refractivity (Wildman–Crippen MR) is 131 cm³/mol. The third-order valence-electron chi connectivity index (χ3n) is 4.28. The lowest BCUT2D eigenvalue weighted by molar-refractivity contribution is -0.136. The van der Waals surface area contributed by atoms with E-state index in [9.17, 15) is 14.4 Å². The van der Waals surface area contributed by atoms with Gasteiger partial charge < -0.3 is 15.4 Å². The molecule has 0 atom stereocenters. The van der Waals surface area contributed by atoms with Crippen molar-refractivity contribution in [1.82, 2.24) is 5.43 Å². The van der Waals surface area contributed by atoms with Crippen LogP contribution in [0.2, 0.25) is 0 Å². The van der Waals surface area contributed by atoms with Crippen molar-refractivity contribution in [2.75, 3.05) is 17.2 Å². The van der Waals surface area contributed by atoms with E-state index in [0.717, 1.165) is 10.0 Å². The number of hydrogen-bond acceptors (Lipinski definition) is 5. The third kappa shape index (κ3) is 7.01. The average Bonchev–Trinajstić information content (AvgIpc) is 2.81. The topological polar surface area (TPSA) is 109 Å². The van der Waals surface area contributed by atoms with E-state index in [1.807, 2.05) is 19.1 Å². The Morgan fingerprint density at radius 3 is 2.42 bits per heavy atom. The van der Waals surface area contributed by atoms with Crippen LogP contribution in [0.5, 0.6) is 5.75 Å². The second-order valence-corrected chi connectivity index (χ2v) is 7.58. The zero-order valence-corrected chi connectivity index (χ0v) is 19.3. The fourth-order valence-electron chi connectivity index (χ4n) is 2.77. The quantitative estimate of drug-likeness (QED) is 0.252. The Morgan fingerprint density at radius 2 is 1.70 bits per heavy atom. The molecule has 0 radical (unpaired) electrons. The summed E-state index contributed by atoms with van der Waals surface area (Å²) in [7, 11) is 0. The van der Waals surface area contributed by atoms with Crippen LogP contribution in [0.1, 0.15) is 22.8 Å². The largest absolute Gasteiger partial charge is 0.494 e. The monoisotopic (exact) mass is 508 g/mol. The molecule has 3 aromatic rings. The molecule has 168 valence electrons. The standard InChI is InChI=1S/C24H21BrN4O4/c1-2-33-19-12-10-18(11-13-19)27-22(30)20-8-3-4-9-21(20)28-23(31)24(32)29-26-15-16-6-5-7-17(25)14-16/h3-15H,2H2,1H3,(H,27,30)(H,28,31)(H,29,32). The highest BCUT2D eigenvalue weighted by Gasteiger charge is 2.17. The zero-order valence-electron chi connectivity index (χ0n) is 17.7. The van der Waals surface area contributed by atoms with Crippen molar-refractivity contribution < 1.29 is 19.1 Å². The molecule has 0 saturated carbocycles. The van der Waals surface area contributed by atoms with Crippen molar-refractivity contribution in [2.24, 2.45) is 5.10 Å². The summed E-state index contributed by atoms with van der Waals surface area (Å²) in [5, 5.41) is 8.98. The smallest absolute Gasteiger partial charge is 0.329 e. The van der Waals surface area contributed by atoms with E-state index in [2.05, 4.69) is 37.1 Å². The van der Waals surface area contributed by atoms with E-state index in [-0.39, 0.29) is 11.3 Å². The van der Waals surface area contributed by atoms with Gasteiger partial charge in [0, 0.05) is 10.2 Å². The van der Waals surface area contributed by atoms with Crippen molar-refractivity contribution in [3.8, 4) is 5.75 Å². The number of nitrogens with one attached hydrogen (secondary N) is 3. The van der Waals surface area contributed by atoms with Crippen molar-refractivity contribution in [1.29, 1.82) is 0 Å². The van der Waals surface area contributed by atoms with Gasteiger partial charge in [0.05, 0.1) is 24.1 Å². The van der Waals surface area contributed by atoms with Crippen LogP contribution in [0.3, 0.4) is 0 Å². The van der Waals surface area contributed by atoms with Gasteiger partial charge in [-0.2, -0.15) is 5.10 Å². The molecular formula is C24H21BrN4O4. The minimum Gasteiger partial charge on any atom is -0.494 e. The summed E-state index contributed by atoms with van der Waals surface area (Å²) >= 11 is 3.34. The van der Waals surface area contributed by atoms with Gasteiger partial charge in [0.2, 0.25) is 0 Å². The number of hydrazone groups is 1. The summed E-state index contributed by atoms with van der Waals surface area (Å²) in [6.45, 7) is 2.43. The maximum atomic E-state index is 12.7. The first-order chi connectivity index (χ1) is 16.0. The van der Waals surface area contributed by atoms with Crippen LogP contribution < -0.4 is 20.8 Å². The summed E-state index contributed by atoms with van der Waals surface area (Å²) in [5.74, 6) is -1.68. The van der Waals surface area contributed by atoms with Gasteiger partial charge >= 0.3 is 11.8 Å². The molecule has 0 saturated heterocycles. The fraction of sp³-hybridized carbons (Fsp3) is 0.0833. The molecule has 0 aliphatic carbocycles. The normalized spacial score (nSPS) is 10.5. The number of anilines is 2. The van der Waals surface area contributed by atoms with Crippen LogP contribution in [0, 0.1) is 0 Å². The van der Waals surface area contributed by atoms with E-state index >= 15 is 0 Å². The minimum absolute atomic E-state index is 0.192. The van der Waals surface area contributed by atoms with E-state index in [0.29, 0.717) is 18.0 Å². The van der Waals surface area contributed by atoms with Gasteiger partial charge in [-0.3, -0.25) is 14.4 Å². The molecule has 3 rings (SSSR count). The molecule has 0 aromatic heterocycles. The molecule has 3 amide bonds. The number of hydrogen-bond donors (Lipinski definition) is 3. The lowest BCUT2D eigenvalue weighted by Crippen LogP contribution is -2.33. The van der Waals surface area contributed by atoms with Crippen LogP contribution in [-0.2, 0) is 9.59 Å². The summed E-state index contributed by atoms with van der Waals surface area (Å²) in [5.41, 5.74) is 3.85. The average molecular weight is 509 g/mol. The Labute approximate surface area is 199 Å². The molecule has 0 heterocycles. The molecule has 0 spiro atoms. The van der Waals surface area contributed by atoms with Gasteiger partial charge in [-0.05, 0) is 61.0 Å². The highest BCUT2D eigenvalue weighted by Crippen LogP contribution is 2.20. The van der Waals surface area contributed by atoms with Crippen molar-refractivity contribution in [3.63, 3.8) is 0 Å². The molecule has 9 heteroatoms. The highest BCUT2D eigenvalue weighted by molar-refractivity contribution is 9.10. The summed E-state index contributed by atoms with van der Waals surface area (Å²) in [6, 6.07) is 20.5. The van der Waals surface area contributed by atoms with E-state index < -0.39 is 17.7 Å². The number of carbonyl (C=O) groups excluding carboxylic acids is 3. The number of rotatable bonds is 7. The van der Waals surface area contributed by atoms with E-state index in [1.54, 1.807) is 54.6 Å². The molecule has 3 N–H and O–H groups in total. The Balaban J connectivity index is 1.62. The second-order valence-electron chi connectivity index (χ2n) is 6.67. The molecule has 0 aliphatic heterocycles. The Bertz CT molecular complexity index is 1180. The first-order valence-electron chi connectivity index (χ1n) is 9.99. The molecule has 0 aliphatic rings. The van der Waals surface area contributed by atoms with Crippen molar-refractivity contribution >= 4 is 51.2 Å². The number of benzene rings is 3. The first kappa shape index (κ1) is 23.7. The van der Waals surface area contributed by atoms with Crippen LogP contribution in [0.25, 0.3) is 0 Å². The maximum Gasteiger partial charge on any atom is 0.329 e. The van der Waals surface area contributed by atoms with Crippen molar-refractivity contribution in [3.05, 3.63) is 88.4 Å². The number of amides is 3. The Morgan fingerprint density at radius 1 is 0.939 bits per heavy atom. The molecule has 0 unspecified atom stereocenters. The van der Waals surface area contributed by atoms with Gasteiger partial charge in [-0.25, -0.2) is 5.43 Å². The number of halogens is 1. The van der Waals surface area contributed by atoms with Gasteiger partial charge in [0.1, 0.15) is 5.75 Å². The number of ether oxygens (including phenoxy) is 1. The zero-order chi connectivity index (χ0) is 23.6. The molecule has 3 aromatic carbocycles. The molecule has 8 nitrogen and oxygen atoms in total. The SMILES string of the molecule is CCOc1ccc(NC(=O)c2ccccc2NC(=O)C(=O)NN=Cc2cccc(Br)c2)cc1. The molecule has 0 bridgehead atoms. The van der Waals surface area contributed by atoms with E-state index in [4.69, 9.17) is 4.74 Å². The third-order valence-corrected chi connectivity index (χ3v) is 4.77. The second kappa shape index (κ2) is 11.6. The van der Waals surface area contributed by atoms with Crippen LogP contribution in [0.4, 0.5) is 11.4 Å². The minimum atomic E-state index is -0.969. The number of carbonyl (C=O) groups is 3. The van der Waals surface area contributed by atoms with Gasteiger partial charge in [0.25, 0.3) is 5.91 Å².